The molecule has 0 aliphatic heterocycles. The maximum Gasteiger partial charge on any atom is 0.343 e. The lowest BCUT2D eigenvalue weighted by molar-refractivity contribution is -0.140. The molecule has 30 heavy (non-hydrogen) atoms. The van der Waals surface area contributed by atoms with Crippen LogP contribution < -0.4 is 11.3 Å². The summed E-state index contributed by atoms with van der Waals surface area (Å²) in [5.74, 6) is -1.61. The monoisotopic (exact) mass is 408 g/mol. The summed E-state index contributed by atoms with van der Waals surface area (Å²) in [4.78, 5) is 37.2. The van der Waals surface area contributed by atoms with E-state index in [1.165, 1.54) is 16.2 Å². The van der Waals surface area contributed by atoms with Crippen molar-refractivity contribution >= 4 is 28.0 Å². The molecular formula is C22H20N2O6. The normalized spacial score (nSPS) is 12.4. The number of hydrogen-bond donors (Lipinski definition) is 1. The molecule has 8 heteroatoms. The Morgan fingerprint density at radius 3 is 2.53 bits per heavy atom. The van der Waals surface area contributed by atoms with E-state index in [0.29, 0.717) is 22.0 Å². The first-order valence-corrected chi connectivity index (χ1v) is 9.30. The molecule has 154 valence electrons. The van der Waals surface area contributed by atoms with Crippen molar-refractivity contribution in [3.8, 4) is 5.75 Å². The van der Waals surface area contributed by atoms with E-state index < -0.39 is 17.5 Å². The minimum atomic E-state index is -0.821. The Hall–Kier alpha value is -3.81. The zero-order valence-corrected chi connectivity index (χ0v) is 16.7. The summed E-state index contributed by atoms with van der Waals surface area (Å²) >= 11 is 0. The number of imidazole rings is 1. The molecule has 1 atom stereocenters. The van der Waals surface area contributed by atoms with E-state index in [1.54, 1.807) is 56.6 Å². The number of para-hydroxylation sites is 1. The zero-order valence-electron chi connectivity index (χ0n) is 16.7. The van der Waals surface area contributed by atoms with Gasteiger partial charge >= 0.3 is 17.3 Å². The van der Waals surface area contributed by atoms with E-state index >= 15 is 0 Å². The van der Waals surface area contributed by atoms with Crippen LogP contribution >= 0.6 is 0 Å². The molecule has 4 rings (SSSR count). The number of hydrogen-bond acceptors (Lipinski definition) is 6. The topological polar surface area (TPSA) is 104 Å². The summed E-state index contributed by atoms with van der Waals surface area (Å²) in [6, 6.07) is 11.8. The van der Waals surface area contributed by atoms with E-state index in [1.807, 2.05) is 0 Å². The predicted octanol–water partition coefficient (Wildman–Crippen LogP) is 2.38. The smallest absolute Gasteiger partial charge is 0.343 e. The van der Waals surface area contributed by atoms with Crippen LogP contribution in [0, 0.1) is 0 Å². The van der Waals surface area contributed by atoms with Crippen LogP contribution in [0.2, 0.25) is 0 Å². The molecule has 2 aromatic carbocycles. The van der Waals surface area contributed by atoms with E-state index in [4.69, 9.17) is 9.15 Å². The SMILES string of the molecule is COC(=O)CC(c1ccc2c(c1)n(C)c(=O)n2C)c1c(O)c2ccccc2oc1=O. The minimum absolute atomic E-state index is 0.0284. The molecule has 0 radical (unpaired) electrons. The highest BCUT2D eigenvalue weighted by Gasteiger charge is 2.28. The quantitative estimate of drug-likeness (QED) is 0.411. The van der Waals surface area contributed by atoms with Crippen molar-refractivity contribution in [2.24, 2.45) is 14.1 Å². The second-order valence-electron chi connectivity index (χ2n) is 7.13. The number of rotatable bonds is 4. The Morgan fingerprint density at radius 2 is 1.80 bits per heavy atom. The molecule has 2 heterocycles. The third-order valence-corrected chi connectivity index (χ3v) is 5.47. The Bertz CT molecular complexity index is 1410. The first kappa shape index (κ1) is 19.5. The standard InChI is InChI=1S/C22H20N2O6/c1-23-15-9-8-12(10-16(15)24(2)22(23)28)14(11-18(25)29-3)19-20(26)13-6-4-5-7-17(13)30-21(19)27/h4-10,14,26H,11H2,1-3H3. The van der Waals surface area contributed by atoms with Crippen LogP contribution in [0.25, 0.3) is 22.0 Å². The highest BCUT2D eigenvalue weighted by atomic mass is 16.5. The molecule has 0 amide bonds. The van der Waals surface area contributed by atoms with Crippen molar-refractivity contribution in [3.05, 3.63) is 74.5 Å². The van der Waals surface area contributed by atoms with E-state index in [2.05, 4.69) is 0 Å². The number of esters is 1. The van der Waals surface area contributed by atoms with Crippen molar-refractivity contribution in [1.29, 1.82) is 0 Å². The van der Waals surface area contributed by atoms with Crippen LogP contribution in [0.5, 0.6) is 5.75 Å². The van der Waals surface area contributed by atoms with Gasteiger partial charge in [-0.1, -0.05) is 18.2 Å². The van der Waals surface area contributed by atoms with Crippen molar-refractivity contribution in [1.82, 2.24) is 9.13 Å². The number of benzene rings is 2. The number of methoxy groups -OCH3 is 1. The fraction of sp³-hybridized carbons (Fsp3) is 0.227. The number of aryl methyl sites for hydroxylation is 2. The maximum atomic E-state index is 12.8. The molecule has 1 N–H and O–H groups in total. The van der Waals surface area contributed by atoms with Gasteiger partial charge in [-0.25, -0.2) is 9.59 Å². The lowest BCUT2D eigenvalue weighted by atomic mass is 9.88. The first-order valence-electron chi connectivity index (χ1n) is 9.30. The Labute approximate surface area is 170 Å². The largest absolute Gasteiger partial charge is 0.507 e. The number of carbonyl (C=O) groups excluding carboxylic acids is 1. The summed E-state index contributed by atoms with van der Waals surface area (Å²) in [5, 5.41) is 11.3. The maximum absolute atomic E-state index is 12.8. The van der Waals surface area contributed by atoms with Crippen LogP contribution in [-0.2, 0) is 23.6 Å². The number of fused-ring (bicyclic) bond motifs is 2. The third-order valence-electron chi connectivity index (χ3n) is 5.47. The molecule has 4 aromatic rings. The van der Waals surface area contributed by atoms with Crippen molar-refractivity contribution in [3.63, 3.8) is 0 Å². The van der Waals surface area contributed by atoms with Gasteiger partial charge in [-0.05, 0) is 29.8 Å². The van der Waals surface area contributed by atoms with Gasteiger partial charge in [0, 0.05) is 20.0 Å². The first-order chi connectivity index (χ1) is 14.3. The third kappa shape index (κ3) is 2.97. The summed E-state index contributed by atoms with van der Waals surface area (Å²) in [5.41, 5.74) is 1.21. The van der Waals surface area contributed by atoms with Gasteiger partial charge in [0.05, 0.1) is 35.5 Å². The number of aromatic hydroxyl groups is 1. The summed E-state index contributed by atoms with van der Waals surface area (Å²) < 4.78 is 13.2. The molecule has 0 aliphatic carbocycles. The van der Waals surface area contributed by atoms with Gasteiger partial charge in [0.25, 0.3) is 0 Å². The fourth-order valence-corrected chi connectivity index (χ4v) is 3.83. The van der Waals surface area contributed by atoms with Crippen molar-refractivity contribution < 1.29 is 19.1 Å². The number of nitrogens with zero attached hydrogens (tertiary/aromatic N) is 2. The summed E-state index contributed by atoms with van der Waals surface area (Å²) in [6.07, 6.45) is -0.181. The van der Waals surface area contributed by atoms with Crippen molar-refractivity contribution in [2.75, 3.05) is 7.11 Å². The molecule has 0 bridgehead atoms. The molecule has 2 aromatic heterocycles. The average molecular weight is 408 g/mol. The van der Waals surface area contributed by atoms with Gasteiger partial charge in [-0.15, -0.1) is 0 Å². The van der Waals surface area contributed by atoms with Gasteiger partial charge in [-0.2, -0.15) is 0 Å². The van der Waals surface area contributed by atoms with E-state index in [9.17, 15) is 19.5 Å². The average Bonchev–Trinajstić information content (AvgIpc) is 2.96. The molecule has 0 saturated heterocycles. The molecule has 0 saturated carbocycles. The molecule has 0 aliphatic rings. The predicted molar refractivity (Wildman–Crippen MR) is 111 cm³/mol. The van der Waals surface area contributed by atoms with Gasteiger partial charge in [-0.3, -0.25) is 13.9 Å². The second kappa shape index (κ2) is 7.22. The lowest BCUT2D eigenvalue weighted by Crippen LogP contribution is -2.19. The number of ether oxygens (including phenoxy) is 1. The van der Waals surface area contributed by atoms with Gasteiger partial charge in [0.1, 0.15) is 11.3 Å². The van der Waals surface area contributed by atoms with Crippen LogP contribution in [0.3, 0.4) is 0 Å². The van der Waals surface area contributed by atoms with E-state index in [-0.39, 0.29) is 29.0 Å². The van der Waals surface area contributed by atoms with Gasteiger partial charge in [0.2, 0.25) is 0 Å². The molecular weight excluding hydrogens is 388 g/mol. The Kier molecular flexibility index (Phi) is 4.69. The van der Waals surface area contributed by atoms with Crippen LogP contribution in [0.4, 0.5) is 0 Å². The lowest BCUT2D eigenvalue weighted by Gasteiger charge is -2.18. The van der Waals surface area contributed by atoms with Crippen molar-refractivity contribution in [2.45, 2.75) is 12.3 Å². The minimum Gasteiger partial charge on any atom is -0.507 e. The molecule has 0 spiro atoms. The highest BCUT2D eigenvalue weighted by molar-refractivity contribution is 5.85. The zero-order chi connectivity index (χ0) is 21.6. The number of aromatic nitrogens is 2. The van der Waals surface area contributed by atoms with Crippen LogP contribution in [0.15, 0.2) is 56.5 Å². The summed E-state index contributed by atoms with van der Waals surface area (Å²) in [6.45, 7) is 0. The molecule has 8 nitrogen and oxygen atoms in total. The van der Waals surface area contributed by atoms with Gasteiger partial charge in [0.15, 0.2) is 0 Å². The molecule has 0 fully saturated rings. The van der Waals surface area contributed by atoms with Gasteiger partial charge < -0.3 is 14.3 Å². The summed E-state index contributed by atoms with van der Waals surface area (Å²) in [7, 11) is 4.57. The number of carbonyl (C=O) groups is 1. The fourth-order valence-electron chi connectivity index (χ4n) is 3.83. The Balaban J connectivity index is 1.99. The second-order valence-corrected chi connectivity index (χ2v) is 7.13. The highest BCUT2D eigenvalue weighted by Crippen LogP contribution is 2.37. The van der Waals surface area contributed by atoms with Crippen LogP contribution in [0.1, 0.15) is 23.5 Å². The van der Waals surface area contributed by atoms with E-state index in [0.717, 1.165) is 0 Å². The Morgan fingerprint density at radius 1 is 1.10 bits per heavy atom. The van der Waals surface area contributed by atoms with Crippen LogP contribution in [-0.4, -0.2) is 27.3 Å². The molecule has 1 unspecified atom stereocenters.